The number of nitro groups is 1. The second-order valence-corrected chi connectivity index (χ2v) is 3.41. The van der Waals surface area contributed by atoms with Crippen molar-refractivity contribution in [3.8, 4) is 0 Å². The molecule has 98 valence electrons. The predicted octanol–water partition coefficient (Wildman–Crippen LogP) is 1.53. The van der Waals surface area contributed by atoms with E-state index in [0.29, 0.717) is 0 Å². The molecule has 2 unspecified atom stereocenters. The summed E-state index contributed by atoms with van der Waals surface area (Å²) in [5.74, 6) is -1.25. The van der Waals surface area contributed by atoms with Gasteiger partial charge in [-0.3, -0.25) is 10.1 Å². The number of nitro benzene ring substituents is 1. The van der Waals surface area contributed by atoms with Crippen LogP contribution >= 0.6 is 0 Å². The third-order valence-corrected chi connectivity index (χ3v) is 2.24. The number of benzene rings is 1. The molecule has 0 spiro atoms. The number of nitrogens with zero attached hydrogens (tertiary/aromatic N) is 1. The highest BCUT2D eigenvalue weighted by atomic mass is 19.1. The fraction of sp³-hybridized carbons (Fsp3) is 0.364. The minimum atomic E-state index is -2.36. The zero-order valence-corrected chi connectivity index (χ0v) is 9.58. The highest BCUT2D eigenvalue weighted by Crippen LogP contribution is 2.28. The van der Waals surface area contributed by atoms with E-state index in [1.54, 1.807) is 0 Å². The maximum atomic E-state index is 13.6. The summed E-state index contributed by atoms with van der Waals surface area (Å²) in [4.78, 5) is 21.1. The van der Waals surface area contributed by atoms with Crippen LogP contribution < -0.4 is 0 Å². The Kier molecular flexibility index (Phi) is 4.73. The molecule has 0 aliphatic rings. The Labute approximate surface area is 102 Å². The van der Waals surface area contributed by atoms with Crippen molar-refractivity contribution in [1.29, 1.82) is 0 Å². The van der Waals surface area contributed by atoms with Crippen LogP contribution in [0.1, 0.15) is 18.6 Å². The number of hydrogen-bond acceptors (Lipinski definition) is 5. The van der Waals surface area contributed by atoms with Crippen LogP contribution in [0.2, 0.25) is 0 Å². The molecule has 0 aliphatic heterocycles. The highest BCUT2D eigenvalue weighted by Gasteiger charge is 2.33. The van der Waals surface area contributed by atoms with Gasteiger partial charge in [0, 0.05) is 6.07 Å². The van der Waals surface area contributed by atoms with Crippen LogP contribution in [0.3, 0.4) is 0 Å². The molecule has 6 nitrogen and oxygen atoms in total. The maximum Gasteiger partial charge on any atom is 0.343 e. The fourth-order valence-corrected chi connectivity index (χ4v) is 1.41. The molecule has 1 N–H and O–H groups in total. The van der Waals surface area contributed by atoms with Crippen molar-refractivity contribution in [1.82, 2.24) is 0 Å². The zero-order chi connectivity index (χ0) is 13.7. The van der Waals surface area contributed by atoms with Crippen LogP contribution in [-0.4, -0.2) is 28.8 Å². The number of carbonyl (C=O) groups excluding carboxylic acids is 1. The molecule has 0 amide bonds. The monoisotopic (exact) mass is 257 g/mol. The second-order valence-electron chi connectivity index (χ2n) is 3.41. The Morgan fingerprint density at radius 2 is 2.17 bits per heavy atom. The van der Waals surface area contributed by atoms with E-state index in [1.165, 1.54) is 25.1 Å². The van der Waals surface area contributed by atoms with Gasteiger partial charge in [0.15, 0.2) is 0 Å². The first-order chi connectivity index (χ1) is 8.49. The molecule has 0 aliphatic carbocycles. The highest BCUT2D eigenvalue weighted by molar-refractivity contribution is 5.75. The number of esters is 1. The van der Waals surface area contributed by atoms with Gasteiger partial charge in [-0.25, -0.2) is 9.18 Å². The summed E-state index contributed by atoms with van der Waals surface area (Å²) in [5, 5.41) is 20.3. The number of aliphatic hydroxyl groups is 1. The average Bonchev–Trinajstić information content (AvgIpc) is 2.37. The van der Waals surface area contributed by atoms with Crippen molar-refractivity contribution < 1.29 is 24.0 Å². The Bertz CT molecular complexity index is 451. The molecule has 2 atom stereocenters. The van der Waals surface area contributed by atoms with E-state index in [4.69, 9.17) is 0 Å². The molecule has 1 aromatic rings. The number of aliphatic hydroxyl groups excluding tert-OH is 1. The molecule has 7 heteroatoms. The Balaban J connectivity index is 2.99. The van der Waals surface area contributed by atoms with Crippen LogP contribution in [0, 0.1) is 10.1 Å². The van der Waals surface area contributed by atoms with Gasteiger partial charge in [0.2, 0.25) is 6.17 Å². The Hall–Kier alpha value is -2.02. The molecular formula is C11H12FNO5. The molecular weight excluding hydrogens is 245 g/mol. The smallest absolute Gasteiger partial charge is 0.343 e. The molecule has 0 saturated carbocycles. The number of para-hydroxylation sites is 1. The summed E-state index contributed by atoms with van der Waals surface area (Å²) in [5.41, 5.74) is -0.708. The molecule has 18 heavy (non-hydrogen) atoms. The van der Waals surface area contributed by atoms with E-state index in [9.17, 15) is 24.4 Å². The molecule has 1 rings (SSSR count). The lowest BCUT2D eigenvalue weighted by Crippen LogP contribution is -2.26. The summed E-state index contributed by atoms with van der Waals surface area (Å²) < 4.78 is 18.0. The van der Waals surface area contributed by atoms with Crippen molar-refractivity contribution in [2.24, 2.45) is 0 Å². The molecule has 0 saturated heterocycles. The maximum absolute atomic E-state index is 13.6. The summed E-state index contributed by atoms with van der Waals surface area (Å²) in [7, 11) is 0. The van der Waals surface area contributed by atoms with E-state index in [1.807, 2.05) is 0 Å². The van der Waals surface area contributed by atoms with Gasteiger partial charge in [-0.05, 0) is 13.0 Å². The fourth-order valence-electron chi connectivity index (χ4n) is 1.41. The van der Waals surface area contributed by atoms with Crippen LogP contribution in [0.25, 0.3) is 0 Å². The number of ether oxygens (including phenoxy) is 1. The summed E-state index contributed by atoms with van der Waals surface area (Å²) in [6, 6.07) is 5.10. The van der Waals surface area contributed by atoms with Crippen molar-refractivity contribution >= 4 is 11.7 Å². The van der Waals surface area contributed by atoms with E-state index in [-0.39, 0.29) is 12.2 Å². The first kappa shape index (κ1) is 14.0. The minimum Gasteiger partial charge on any atom is -0.464 e. The van der Waals surface area contributed by atoms with Crippen molar-refractivity contribution in [2.75, 3.05) is 6.61 Å². The summed E-state index contributed by atoms with van der Waals surface area (Å²) in [6.07, 6.45) is -4.28. The summed E-state index contributed by atoms with van der Waals surface area (Å²) >= 11 is 0. The first-order valence-electron chi connectivity index (χ1n) is 5.21. The standard InChI is InChI=1S/C11H12FNO5/c1-2-18-11(15)9(12)10(14)7-5-3-4-6-8(7)13(16)17/h3-6,9-10,14H,2H2,1H3. The quantitative estimate of drug-likeness (QED) is 0.490. The molecule has 0 aromatic heterocycles. The van der Waals surface area contributed by atoms with Gasteiger partial charge in [0.1, 0.15) is 6.10 Å². The van der Waals surface area contributed by atoms with Crippen molar-refractivity contribution in [3.63, 3.8) is 0 Å². The zero-order valence-electron chi connectivity index (χ0n) is 9.58. The number of rotatable bonds is 5. The average molecular weight is 257 g/mol. The molecule has 0 heterocycles. The van der Waals surface area contributed by atoms with Crippen LogP contribution in [0.5, 0.6) is 0 Å². The first-order valence-corrected chi connectivity index (χ1v) is 5.21. The Morgan fingerprint density at radius 1 is 1.56 bits per heavy atom. The molecule has 1 aromatic carbocycles. The third kappa shape index (κ3) is 3.01. The second kappa shape index (κ2) is 6.06. The molecule has 0 fully saturated rings. The van der Waals surface area contributed by atoms with Gasteiger partial charge < -0.3 is 9.84 Å². The largest absolute Gasteiger partial charge is 0.464 e. The SMILES string of the molecule is CCOC(=O)C(F)C(O)c1ccccc1[N+](=O)[O-]. The molecule has 0 radical (unpaired) electrons. The van der Waals surface area contributed by atoms with Gasteiger partial charge in [-0.2, -0.15) is 0 Å². The lowest BCUT2D eigenvalue weighted by atomic mass is 10.0. The minimum absolute atomic E-state index is 0.0388. The van der Waals surface area contributed by atoms with Crippen LogP contribution in [0.4, 0.5) is 10.1 Å². The van der Waals surface area contributed by atoms with E-state index < -0.39 is 28.9 Å². The van der Waals surface area contributed by atoms with Gasteiger partial charge >= 0.3 is 5.97 Å². The number of hydrogen-bond donors (Lipinski definition) is 1. The number of halogens is 1. The Morgan fingerprint density at radius 3 is 2.72 bits per heavy atom. The van der Waals surface area contributed by atoms with Gasteiger partial charge in [-0.15, -0.1) is 0 Å². The van der Waals surface area contributed by atoms with Crippen molar-refractivity contribution in [2.45, 2.75) is 19.2 Å². The van der Waals surface area contributed by atoms with Crippen LogP contribution in [0.15, 0.2) is 24.3 Å². The lowest BCUT2D eigenvalue weighted by molar-refractivity contribution is -0.386. The van der Waals surface area contributed by atoms with E-state index >= 15 is 0 Å². The number of carbonyl (C=O) groups is 1. The lowest BCUT2D eigenvalue weighted by Gasteiger charge is -2.14. The van der Waals surface area contributed by atoms with Crippen molar-refractivity contribution in [3.05, 3.63) is 39.9 Å². The van der Waals surface area contributed by atoms with E-state index in [2.05, 4.69) is 4.74 Å². The topological polar surface area (TPSA) is 89.7 Å². The van der Waals surface area contributed by atoms with E-state index in [0.717, 1.165) is 6.07 Å². The van der Waals surface area contributed by atoms with Crippen LogP contribution in [-0.2, 0) is 9.53 Å². The van der Waals surface area contributed by atoms with Gasteiger partial charge in [0.25, 0.3) is 5.69 Å². The third-order valence-electron chi connectivity index (χ3n) is 2.24. The summed E-state index contributed by atoms with van der Waals surface area (Å²) in [6.45, 7) is 1.45. The van der Waals surface area contributed by atoms with Gasteiger partial charge in [-0.1, -0.05) is 12.1 Å². The normalized spacial score (nSPS) is 13.7. The molecule has 0 bridgehead atoms. The van der Waals surface area contributed by atoms with Gasteiger partial charge in [0.05, 0.1) is 17.1 Å². The number of alkyl halides is 1. The predicted molar refractivity (Wildman–Crippen MR) is 59.6 cm³/mol.